The van der Waals surface area contributed by atoms with Gasteiger partial charge in [-0.1, -0.05) is 11.6 Å². The van der Waals surface area contributed by atoms with Gasteiger partial charge in [-0.25, -0.2) is 0 Å². The van der Waals surface area contributed by atoms with Crippen molar-refractivity contribution >= 4 is 34.8 Å². The van der Waals surface area contributed by atoms with Crippen LogP contribution in [0, 0.1) is 0 Å². The number of carbonyl (C=O) groups is 2. The summed E-state index contributed by atoms with van der Waals surface area (Å²) in [5.41, 5.74) is 1.77. The number of nitrogens with zero attached hydrogens (tertiary/aromatic N) is 1. The van der Waals surface area contributed by atoms with Crippen LogP contribution in [0.5, 0.6) is 5.75 Å². The lowest BCUT2D eigenvalue weighted by Crippen LogP contribution is -2.38. The molecule has 3 rings (SSSR count). The van der Waals surface area contributed by atoms with Crippen LogP contribution in [0.15, 0.2) is 42.5 Å². The van der Waals surface area contributed by atoms with E-state index in [9.17, 15) is 9.59 Å². The van der Waals surface area contributed by atoms with Crippen molar-refractivity contribution in [2.24, 2.45) is 0 Å². The minimum atomic E-state index is -0.243. The van der Waals surface area contributed by atoms with Gasteiger partial charge in [0.05, 0.1) is 5.69 Å². The van der Waals surface area contributed by atoms with Crippen LogP contribution in [-0.2, 0) is 4.79 Å². The van der Waals surface area contributed by atoms with E-state index in [4.69, 9.17) is 16.3 Å². The number of benzene rings is 2. The number of ether oxygens (including phenoxy) is 1. The van der Waals surface area contributed by atoms with E-state index in [1.54, 1.807) is 47.4 Å². The van der Waals surface area contributed by atoms with Crippen LogP contribution >= 0.6 is 11.6 Å². The molecule has 2 aromatic carbocycles. The Morgan fingerprint density at radius 3 is 2.70 bits per heavy atom. The molecule has 0 bridgehead atoms. The van der Waals surface area contributed by atoms with Gasteiger partial charge in [0, 0.05) is 22.8 Å². The first-order valence-electron chi connectivity index (χ1n) is 7.22. The maximum atomic E-state index is 12.2. The topological polar surface area (TPSA) is 58.6 Å². The maximum absolute atomic E-state index is 12.2. The molecule has 23 heavy (non-hydrogen) atoms. The number of rotatable bonds is 3. The first-order chi connectivity index (χ1) is 11.1. The van der Waals surface area contributed by atoms with Gasteiger partial charge in [-0.05, 0) is 49.4 Å². The number of halogens is 1. The number of amides is 2. The Hall–Kier alpha value is -2.53. The first-order valence-corrected chi connectivity index (χ1v) is 7.60. The summed E-state index contributed by atoms with van der Waals surface area (Å²) in [5.74, 6) is 0.296. The van der Waals surface area contributed by atoms with Crippen LogP contribution in [0.2, 0.25) is 5.02 Å². The lowest BCUT2D eigenvalue weighted by Gasteiger charge is -2.28. The molecule has 0 saturated heterocycles. The second-order valence-electron chi connectivity index (χ2n) is 5.07. The van der Waals surface area contributed by atoms with Gasteiger partial charge < -0.3 is 15.0 Å². The van der Waals surface area contributed by atoms with E-state index in [2.05, 4.69) is 5.32 Å². The van der Waals surface area contributed by atoms with Crippen molar-refractivity contribution in [3.63, 3.8) is 0 Å². The molecule has 0 radical (unpaired) electrons. The fraction of sp³-hybridized carbons (Fsp3) is 0.176. The monoisotopic (exact) mass is 330 g/mol. The molecule has 2 aromatic rings. The average molecular weight is 331 g/mol. The van der Waals surface area contributed by atoms with Crippen molar-refractivity contribution in [2.45, 2.75) is 6.92 Å². The third kappa shape index (κ3) is 3.14. The molecule has 0 aliphatic carbocycles. The van der Waals surface area contributed by atoms with Crippen molar-refractivity contribution in [1.82, 2.24) is 0 Å². The zero-order valence-corrected chi connectivity index (χ0v) is 13.3. The molecule has 2 amide bonds. The van der Waals surface area contributed by atoms with Crippen LogP contribution < -0.4 is 15.0 Å². The van der Waals surface area contributed by atoms with E-state index in [1.807, 2.05) is 6.92 Å². The summed E-state index contributed by atoms with van der Waals surface area (Å²) < 4.78 is 5.41. The third-order valence-corrected chi connectivity index (χ3v) is 3.83. The summed E-state index contributed by atoms with van der Waals surface area (Å²) in [5, 5.41) is 3.39. The highest BCUT2D eigenvalue weighted by Crippen LogP contribution is 2.34. The Balaban J connectivity index is 1.84. The highest BCUT2D eigenvalue weighted by Gasteiger charge is 2.24. The molecule has 5 nitrogen and oxygen atoms in total. The fourth-order valence-electron chi connectivity index (χ4n) is 2.43. The summed E-state index contributed by atoms with van der Waals surface area (Å²) in [7, 11) is 0. The maximum Gasteiger partial charge on any atom is 0.265 e. The summed E-state index contributed by atoms with van der Waals surface area (Å²) in [6.45, 7) is 2.48. The standard InChI is InChI=1S/C17H15ClN2O3/c1-2-20-14-9-13(7-8-15(14)23-10-16(20)21)19-17(22)11-3-5-12(18)6-4-11/h3-9H,2,10H2,1H3,(H,19,22). The molecule has 0 atom stereocenters. The molecule has 0 saturated carbocycles. The Morgan fingerprint density at radius 2 is 2.00 bits per heavy atom. The number of fused-ring (bicyclic) bond motifs is 1. The number of anilines is 2. The summed E-state index contributed by atoms with van der Waals surface area (Å²) in [6, 6.07) is 11.9. The van der Waals surface area contributed by atoms with E-state index in [0.29, 0.717) is 34.3 Å². The smallest absolute Gasteiger partial charge is 0.265 e. The van der Waals surface area contributed by atoms with Crippen LogP contribution in [0.3, 0.4) is 0 Å². The third-order valence-electron chi connectivity index (χ3n) is 3.58. The second kappa shape index (κ2) is 6.30. The molecule has 1 N–H and O–H groups in total. The van der Waals surface area contributed by atoms with Gasteiger partial charge in [-0.15, -0.1) is 0 Å². The molecule has 0 fully saturated rings. The van der Waals surface area contributed by atoms with Crippen LogP contribution in [-0.4, -0.2) is 25.0 Å². The molecular weight excluding hydrogens is 316 g/mol. The van der Waals surface area contributed by atoms with Crippen molar-refractivity contribution in [3.05, 3.63) is 53.1 Å². The van der Waals surface area contributed by atoms with Crippen LogP contribution in [0.4, 0.5) is 11.4 Å². The second-order valence-corrected chi connectivity index (χ2v) is 5.51. The normalized spacial score (nSPS) is 13.3. The van der Waals surface area contributed by atoms with Crippen LogP contribution in [0.1, 0.15) is 17.3 Å². The predicted octanol–water partition coefficient (Wildman–Crippen LogP) is 3.34. The Bertz CT molecular complexity index is 759. The van der Waals surface area contributed by atoms with E-state index in [0.717, 1.165) is 0 Å². The van der Waals surface area contributed by atoms with Crippen molar-refractivity contribution < 1.29 is 14.3 Å². The fourth-order valence-corrected chi connectivity index (χ4v) is 2.56. The highest BCUT2D eigenvalue weighted by molar-refractivity contribution is 6.30. The van der Waals surface area contributed by atoms with Crippen molar-refractivity contribution in [2.75, 3.05) is 23.4 Å². The molecule has 0 spiro atoms. The molecule has 1 aliphatic rings. The summed E-state index contributed by atoms with van der Waals surface area (Å²) in [4.78, 5) is 25.8. The predicted molar refractivity (Wildman–Crippen MR) is 89.4 cm³/mol. The molecular formula is C17H15ClN2O3. The minimum Gasteiger partial charge on any atom is -0.482 e. The first kappa shape index (κ1) is 15.4. The van der Waals surface area contributed by atoms with Gasteiger partial charge in [-0.3, -0.25) is 9.59 Å². The van der Waals surface area contributed by atoms with Gasteiger partial charge in [0.15, 0.2) is 6.61 Å². The molecule has 0 aromatic heterocycles. The molecule has 0 unspecified atom stereocenters. The Labute approximate surface area is 138 Å². The minimum absolute atomic E-state index is 0.0390. The zero-order chi connectivity index (χ0) is 16.4. The van der Waals surface area contributed by atoms with E-state index in [-0.39, 0.29) is 18.4 Å². The number of carbonyl (C=O) groups excluding carboxylic acids is 2. The van der Waals surface area contributed by atoms with Gasteiger partial charge >= 0.3 is 0 Å². The number of nitrogens with one attached hydrogen (secondary N) is 1. The van der Waals surface area contributed by atoms with E-state index >= 15 is 0 Å². The summed E-state index contributed by atoms with van der Waals surface area (Å²) in [6.07, 6.45) is 0. The molecule has 118 valence electrons. The Morgan fingerprint density at radius 1 is 1.26 bits per heavy atom. The summed E-state index contributed by atoms with van der Waals surface area (Å²) >= 11 is 5.82. The molecule has 1 aliphatic heterocycles. The number of likely N-dealkylation sites (N-methyl/N-ethyl adjacent to an activating group) is 1. The van der Waals surface area contributed by atoms with E-state index < -0.39 is 0 Å². The number of hydrogen-bond donors (Lipinski definition) is 1. The largest absolute Gasteiger partial charge is 0.482 e. The van der Waals surface area contributed by atoms with Crippen molar-refractivity contribution in [1.29, 1.82) is 0 Å². The number of hydrogen-bond acceptors (Lipinski definition) is 3. The van der Waals surface area contributed by atoms with E-state index in [1.165, 1.54) is 0 Å². The molecule has 1 heterocycles. The molecule has 6 heteroatoms. The van der Waals surface area contributed by atoms with Gasteiger partial charge in [-0.2, -0.15) is 0 Å². The van der Waals surface area contributed by atoms with Gasteiger partial charge in [0.25, 0.3) is 11.8 Å². The zero-order valence-electron chi connectivity index (χ0n) is 12.5. The quantitative estimate of drug-likeness (QED) is 0.939. The SMILES string of the molecule is CCN1C(=O)COc2ccc(NC(=O)c3ccc(Cl)cc3)cc21. The average Bonchev–Trinajstić information content (AvgIpc) is 2.55. The van der Waals surface area contributed by atoms with Gasteiger partial charge in [0.2, 0.25) is 0 Å². The van der Waals surface area contributed by atoms with Crippen molar-refractivity contribution in [3.8, 4) is 5.75 Å². The lowest BCUT2D eigenvalue weighted by molar-refractivity contribution is -0.121. The van der Waals surface area contributed by atoms with Crippen LogP contribution in [0.25, 0.3) is 0 Å². The highest BCUT2D eigenvalue weighted by atomic mass is 35.5. The lowest BCUT2D eigenvalue weighted by atomic mass is 10.2. The van der Waals surface area contributed by atoms with Gasteiger partial charge in [0.1, 0.15) is 5.75 Å². The Kier molecular flexibility index (Phi) is 4.21.